The molecule has 1 N–H and O–H groups in total. The van der Waals surface area contributed by atoms with Crippen LogP contribution in [0.4, 0.5) is 0 Å². The van der Waals surface area contributed by atoms with Crippen LogP contribution < -0.4 is 5.32 Å². The van der Waals surface area contributed by atoms with Crippen molar-refractivity contribution in [3.63, 3.8) is 0 Å². The van der Waals surface area contributed by atoms with Crippen LogP contribution in [0.3, 0.4) is 0 Å². The van der Waals surface area contributed by atoms with E-state index in [1.165, 1.54) is 0 Å². The number of nitrogens with zero attached hydrogens (tertiary/aromatic N) is 1. The lowest BCUT2D eigenvalue weighted by molar-refractivity contribution is -0.0699. The van der Waals surface area contributed by atoms with Gasteiger partial charge in [-0.1, -0.05) is 0 Å². The summed E-state index contributed by atoms with van der Waals surface area (Å²) in [6.07, 6.45) is 0.999. The third-order valence-corrected chi connectivity index (χ3v) is 3.65. The topological polar surface area (TPSA) is 47.3 Å². The summed E-state index contributed by atoms with van der Waals surface area (Å²) in [6.45, 7) is 13.1. The van der Waals surface area contributed by atoms with E-state index >= 15 is 0 Å². The molecule has 0 aromatic carbocycles. The fourth-order valence-corrected chi connectivity index (χ4v) is 2.71. The standard InChI is InChI=1S/C14H24N2O2/c1-9-10(2)17-12(16-9)8-15-11-7-13(3,4)18-14(11,5)6/h11,15H,7-8H2,1-6H3/t11-/m1/s1. The highest BCUT2D eigenvalue weighted by Gasteiger charge is 2.45. The minimum Gasteiger partial charge on any atom is -0.444 e. The third-order valence-electron chi connectivity index (χ3n) is 3.65. The molecule has 0 amide bonds. The Morgan fingerprint density at radius 1 is 1.28 bits per heavy atom. The van der Waals surface area contributed by atoms with Crippen molar-refractivity contribution in [2.75, 3.05) is 0 Å². The van der Waals surface area contributed by atoms with Crippen molar-refractivity contribution in [2.24, 2.45) is 0 Å². The van der Waals surface area contributed by atoms with Crippen molar-refractivity contribution in [3.8, 4) is 0 Å². The van der Waals surface area contributed by atoms with Crippen molar-refractivity contribution in [2.45, 2.75) is 71.8 Å². The maximum Gasteiger partial charge on any atom is 0.208 e. The normalized spacial score (nSPS) is 25.6. The average molecular weight is 252 g/mol. The summed E-state index contributed by atoms with van der Waals surface area (Å²) < 4.78 is 11.6. The van der Waals surface area contributed by atoms with Crippen molar-refractivity contribution >= 4 is 0 Å². The Balaban J connectivity index is 1.98. The Hall–Kier alpha value is -0.870. The molecule has 1 aliphatic rings. The van der Waals surface area contributed by atoms with E-state index in [0.29, 0.717) is 12.6 Å². The molecule has 1 aromatic heterocycles. The number of nitrogens with one attached hydrogen (secondary N) is 1. The SMILES string of the molecule is Cc1nc(CN[C@@H]2CC(C)(C)OC2(C)C)oc1C. The van der Waals surface area contributed by atoms with E-state index in [1.54, 1.807) is 0 Å². The number of ether oxygens (including phenoxy) is 1. The fourth-order valence-electron chi connectivity index (χ4n) is 2.71. The molecule has 0 bridgehead atoms. The van der Waals surface area contributed by atoms with Crippen LogP contribution in [0.5, 0.6) is 0 Å². The lowest BCUT2D eigenvalue weighted by atomic mass is 9.94. The lowest BCUT2D eigenvalue weighted by Crippen LogP contribution is -2.43. The predicted octanol–water partition coefficient (Wildman–Crippen LogP) is 2.73. The summed E-state index contributed by atoms with van der Waals surface area (Å²) in [5, 5.41) is 3.50. The number of rotatable bonds is 3. The summed E-state index contributed by atoms with van der Waals surface area (Å²) in [7, 11) is 0. The van der Waals surface area contributed by atoms with Crippen molar-refractivity contribution in [1.29, 1.82) is 0 Å². The van der Waals surface area contributed by atoms with E-state index < -0.39 is 0 Å². The van der Waals surface area contributed by atoms with Gasteiger partial charge >= 0.3 is 0 Å². The van der Waals surface area contributed by atoms with Gasteiger partial charge in [-0.2, -0.15) is 0 Å². The first-order valence-corrected chi connectivity index (χ1v) is 6.56. The molecule has 0 saturated carbocycles. The number of aryl methyl sites for hydroxylation is 2. The minimum atomic E-state index is -0.153. The zero-order valence-electron chi connectivity index (χ0n) is 12.3. The summed E-state index contributed by atoms with van der Waals surface area (Å²) in [5.41, 5.74) is 0.748. The molecule has 0 aliphatic carbocycles. The molecule has 1 saturated heterocycles. The first-order valence-electron chi connectivity index (χ1n) is 6.56. The van der Waals surface area contributed by atoms with Crippen LogP contribution in [0.2, 0.25) is 0 Å². The number of hydrogen-bond acceptors (Lipinski definition) is 4. The highest BCUT2D eigenvalue weighted by atomic mass is 16.5. The second-order valence-corrected chi connectivity index (χ2v) is 6.35. The first kappa shape index (κ1) is 13.6. The second-order valence-electron chi connectivity index (χ2n) is 6.35. The zero-order chi connectivity index (χ0) is 13.6. The lowest BCUT2D eigenvalue weighted by Gasteiger charge is -2.27. The molecule has 0 spiro atoms. The Labute approximate surface area is 109 Å². The van der Waals surface area contributed by atoms with Crippen molar-refractivity contribution in [3.05, 3.63) is 17.3 Å². The van der Waals surface area contributed by atoms with E-state index in [2.05, 4.69) is 38.0 Å². The first-order chi connectivity index (χ1) is 8.20. The average Bonchev–Trinajstić information content (AvgIpc) is 2.61. The van der Waals surface area contributed by atoms with Crippen LogP contribution in [-0.2, 0) is 11.3 Å². The molecule has 1 atom stereocenters. The molecule has 1 fully saturated rings. The van der Waals surface area contributed by atoms with Gasteiger partial charge in [-0.15, -0.1) is 0 Å². The Bertz CT molecular complexity index is 416. The molecule has 0 unspecified atom stereocenters. The van der Waals surface area contributed by atoms with Crippen LogP contribution >= 0.6 is 0 Å². The van der Waals surface area contributed by atoms with Gasteiger partial charge in [0.25, 0.3) is 0 Å². The van der Waals surface area contributed by atoms with Gasteiger partial charge in [0.15, 0.2) is 0 Å². The van der Waals surface area contributed by atoms with Gasteiger partial charge in [-0.3, -0.25) is 0 Å². The maximum atomic E-state index is 6.05. The fraction of sp³-hybridized carbons (Fsp3) is 0.786. The van der Waals surface area contributed by atoms with Crippen LogP contribution in [0.1, 0.15) is 51.5 Å². The summed E-state index contributed by atoms with van der Waals surface area (Å²) in [5.74, 6) is 1.65. The molecular formula is C14H24N2O2. The summed E-state index contributed by atoms with van der Waals surface area (Å²) in [4.78, 5) is 4.39. The smallest absolute Gasteiger partial charge is 0.208 e. The quantitative estimate of drug-likeness (QED) is 0.898. The van der Waals surface area contributed by atoms with E-state index in [1.807, 2.05) is 13.8 Å². The van der Waals surface area contributed by atoms with Gasteiger partial charge in [0, 0.05) is 6.04 Å². The third kappa shape index (κ3) is 2.75. The van der Waals surface area contributed by atoms with Crippen LogP contribution in [-0.4, -0.2) is 22.2 Å². The number of hydrogen-bond donors (Lipinski definition) is 1. The Kier molecular flexibility index (Phi) is 3.28. The van der Waals surface area contributed by atoms with Crippen LogP contribution in [0, 0.1) is 13.8 Å². The van der Waals surface area contributed by atoms with E-state index in [0.717, 1.165) is 23.8 Å². The molecule has 0 radical (unpaired) electrons. The van der Waals surface area contributed by atoms with Crippen LogP contribution in [0.15, 0.2) is 4.42 Å². The zero-order valence-corrected chi connectivity index (χ0v) is 12.3. The molecule has 102 valence electrons. The highest BCUT2D eigenvalue weighted by Crippen LogP contribution is 2.37. The van der Waals surface area contributed by atoms with Gasteiger partial charge < -0.3 is 14.5 Å². The van der Waals surface area contributed by atoms with Crippen LogP contribution in [0.25, 0.3) is 0 Å². The van der Waals surface area contributed by atoms with E-state index in [9.17, 15) is 0 Å². The van der Waals surface area contributed by atoms with Crippen molar-refractivity contribution in [1.82, 2.24) is 10.3 Å². The molecule has 2 rings (SSSR count). The molecule has 1 aliphatic heterocycles. The van der Waals surface area contributed by atoms with E-state index in [4.69, 9.17) is 9.15 Å². The van der Waals surface area contributed by atoms with Gasteiger partial charge in [0.2, 0.25) is 5.89 Å². The van der Waals surface area contributed by atoms with Crippen molar-refractivity contribution < 1.29 is 9.15 Å². The summed E-state index contributed by atoms with van der Waals surface area (Å²) in [6, 6.07) is 0.319. The molecule has 1 aromatic rings. The summed E-state index contributed by atoms with van der Waals surface area (Å²) >= 11 is 0. The predicted molar refractivity (Wildman–Crippen MR) is 70.5 cm³/mol. The van der Waals surface area contributed by atoms with Gasteiger partial charge in [0.05, 0.1) is 23.4 Å². The maximum absolute atomic E-state index is 6.05. The highest BCUT2D eigenvalue weighted by molar-refractivity contribution is 5.06. The Morgan fingerprint density at radius 3 is 2.39 bits per heavy atom. The molecule has 2 heterocycles. The number of oxazole rings is 1. The molecule has 18 heavy (non-hydrogen) atoms. The molecule has 4 heteroatoms. The monoisotopic (exact) mass is 252 g/mol. The minimum absolute atomic E-state index is 0.0659. The Morgan fingerprint density at radius 2 is 1.94 bits per heavy atom. The molecule has 4 nitrogen and oxygen atoms in total. The molecular weight excluding hydrogens is 228 g/mol. The second kappa shape index (κ2) is 4.35. The number of aromatic nitrogens is 1. The van der Waals surface area contributed by atoms with Gasteiger partial charge in [-0.25, -0.2) is 4.98 Å². The van der Waals surface area contributed by atoms with E-state index in [-0.39, 0.29) is 11.2 Å². The largest absolute Gasteiger partial charge is 0.444 e. The van der Waals surface area contributed by atoms with Gasteiger partial charge in [0.1, 0.15) is 5.76 Å². The van der Waals surface area contributed by atoms with Gasteiger partial charge in [-0.05, 0) is 48.0 Å².